The lowest BCUT2D eigenvalue weighted by molar-refractivity contribution is -0.143. The van der Waals surface area contributed by atoms with Gasteiger partial charge in [0, 0.05) is 17.2 Å². The molecule has 0 bridgehead atoms. The van der Waals surface area contributed by atoms with Crippen LogP contribution in [0.25, 0.3) is 10.8 Å². The molecule has 134 valence electrons. The highest BCUT2D eigenvalue weighted by molar-refractivity contribution is 6.27. The maximum Gasteiger partial charge on any atom is 0.320 e. The van der Waals surface area contributed by atoms with Gasteiger partial charge in [-0.05, 0) is 31.4 Å². The molecular weight excluding hydrogens is 336 g/mol. The fraction of sp³-hybridized carbons (Fsp3) is 0.174. The van der Waals surface area contributed by atoms with Gasteiger partial charge in [-0.1, -0.05) is 54.1 Å². The second-order valence-corrected chi connectivity index (χ2v) is 6.52. The Kier molecular flexibility index (Phi) is 4.55. The predicted molar refractivity (Wildman–Crippen MR) is 110 cm³/mol. The van der Waals surface area contributed by atoms with Crippen LogP contribution in [0.3, 0.4) is 0 Å². The van der Waals surface area contributed by atoms with E-state index < -0.39 is 5.92 Å². The minimum atomic E-state index is -0.611. The van der Waals surface area contributed by atoms with Crippen LogP contribution in [0.15, 0.2) is 70.6 Å². The first-order valence-electron chi connectivity index (χ1n) is 9.05. The molecular formula is C23H20N2O2. The molecule has 0 aliphatic carbocycles. The lowest BCUT2D eigenvalue weighted by atomic mass is 9.91. The third kappa shape index (κ3) is 3.26. The van der Waals surface area contributed by atoms with Crippen molar-refractivity contribution in [1.82, 2.24) is 0 Å². The van der Waals surface area contributed by atoms with E-state index in [1.54, 1.807) is 13.1 Å². The molecule has 0 saturated carbocycles. The number of aryl methyl sites for hydroxylation is 1. The molecule has 1 aliphatic rings. The van der Waals surface area contributed by atoms with Gasteiger partial charge in [-0.15, -0.1) is 0 Å². The molecule has 1 atom stereocenters. The van der Waals surface area contributed by atoms with Crippen LogP contribution in [0.5, 0.6) is 0 Å². The van der Waals surface area contributed by atoms with E-state index in [4.69, 9.17) is 9.73 Å². The molecule has 0 radical (unpaired) electrons. The molecule has 0 fully saturated rings. The molecule has 27 heavy (non-hydrogen) atoms. The van der Waals surface area contributed by atoms with Crippen LogP contribution < -0.4 is 0 Å². The summed E-state index contributed by atoms with van der Waals surface area (Å²) in [4.78, 5) is 22.0. The van der Waals surface area contributed by atoms with Crippen LogP contribution in [0, 0.1) is 12.8 Å². The average Bonchev–Trinajstić information content (AvgIpc) is 2.69. The number of carbonyl (C=O) groups is 1. The van der Waals surface area contributed by atoms with Gasteiger partial charge in [0.15, 0.2) is 0 Å². The number of ether oxygens (including phenoxy) is 1. The first kappa shape index (κ1) is 17.2. The van der Waals surface area contributed by atoms with Gasteiger partial charge in [0.1, 0.15) is 5.92 Å². The Bertz CT molecular complexity index is 1070. The average molecular weight is 356 g/mol. The van der Waals surface area contributed by atoms with E-state index in [0.717, 1.165) is 33.3 Å². The topological polar surface area (TPSA) is 51.0 Å². The van der Waals surface area contributed by atoms with E-state index in [9.17, 15) is 4.79 Å². The monoisotopic (exact) mass is 356 g/mol. The van der Waals surface area contributed by atoms with Gasteiger partial charge in [-0.2, -0.15) is 0 Å². The molecule has 0 aromatic heterocycles. The number of esters is 1. The molecule has 3 aromatic carbocycles. The number of hydrogen-bond donors (Lipinski definition) is 0. The number of benzene rings is 3. The predicted octanol–water partition coefficient (Wildman–Crippen LogP) is 5.16. The number of rotatable bonds is 3. The Balaban J connectivity index is 1.90. The van der Waals surface area contributed by atoms with E-state index >= 15 is 0 Å². The van der Waals surface area contributed by atoms with Crippen LogP contribution >= 0.6 is 0 Å². The Hall–Kier alpha value is -3.27. The number of hydrogen-bond acceptors (Lipinski definition) is 4. The molecule has 1 unspecified atom stereocenters. The Labute approximate surface area is 158 Å². The molecule has 4 rings (SSSR count). The Morgan fingerprint density at radius 3 is 2.63 bits per heavy atom. The minimum absolute atomic E-state index is 0.325. The summed E-state index contributed by atoms with van der Waals surface area (Å²) in [7, 11) is 0. The normalized spacial score (nSPS) is 17.1. The van der Waals surface area contributed by atoms with Crippen molar-refractivity contribution in [2.75, 3.05) is 6.61 Å². The first-order chi connectivity index (χ1) is 13.2. The number of fused-ring (bicyclic) bond motifs is 3. The van der Waals surface area contributed by atoms with Gasteiger partial charge >= 0.3 is 5.97 Å². The molecule has 0 N–H and O–H groups in total. The Morgan fingerprint density at radius 2 is 1.85 bits per heavy atom. The Morgan fingerprint density at radius 1 is 1.07 bits per heavy atom. The highest BCUT2D eigenvalue weighted by atomic mass is 16.5. The zero-order valence-electron chi connectivity index (χ0n) is 15.3. The summed E-state index contributed by atoms with van der Waals surface area (Å²) in [5.41, 5.74) is 4.36. The van der Waals surface area contributed by atoms with Crippen molar-refractivity contribution in [3.63, 3.8) is 0 Å². The van der Waals surface area contributed by atoms with Crippen molar-refractivity contribution in [2.45, 2.75) is 13.8 Å². The van der Waals surface area contributed by atoms with Crippen LogP contribution in [0.4, 0.5) is 11.4 Å². The fourth-order valence-electron chi connectivity index (χ4n) is 3.28. The zero-order chi connectivity index (χ0) is 18.8. The summed E-state index contributed by atoms with van der Waals surface area (Å²) in [5.74, 6) is -0.939. The van der Waals surface area contributed by atoms with Gasteiger partial charge < -0.3 is 4.74 Å². The SMILES string of the molecule is CCOC(=O)C1C=Nc2c(ccc3ccccc23)C1=Nc1ccc(C)cc1. The van der Waals surface area contributed by atoms with Gasteiger partial charge in [-0.3, -0.25) is 14.8 Å². The van der Waals surface area contributed by atoms with E-state index in [1.807, 2.05) is 61.5 Å². The van der Waals surface area contributed by atoms with E-state index in [0.29, 0.717) is 12.3 Å². The summed E-state index contributed by atoms with van der Waals surface area (Å²) >= 11 is 0. The molecule has 3 aromatic rings. The lowest BCUT2D eigenvalue weighted by Gasteiger charge is -2.21. The zero-order valence-corrected chi connectivity index (χ0v) is 15.3. The second-order valence-electron chi connectivity index (χ2n) is 6.52. The quantitative estimate of drug-likeness (QED) is 0.608. The molecule has 1 aliphatic heterocycles. The number of aliphatic imine (C=N–C) groups is 2. The van der Waals surface area contributed by atoms with Crippen LogP contribution in [0.2, 0.25) is 0 Å². The van der Waals surface area contributed by atoms with Crippen molar-refractivity contribution in [2.24, 2.45) is 15.9 Å². The highest BCUT2D eigenvalue weighted by Crippen LogP contribution is 2.35. The van der Waals surface area contributed by atoms with Crippen molar-refractivity contribution in [1.29, 1.82) is 0 Å². The van der Waals surface area contributed by atoms with Crippen molar-refractivity contribution in [3.8, 4) is 0 Å². The van der Waals surface area contributed by atoms with Crippen molar-refractivity contribution >= 4 is 40.0 Å². The first-order valence-corrected chi connectivity index (χ1v) is 9.05. The molecule has 4 nitrogen and oxygen atoms in total. The minimum Gasteiger partial charge on any atom is -0.465 e. The summed E-state index contributed by atoms with van der Waals surface area (Å²) in [6.45, 7) is 4.16. The number of nitrogens with zero attached hydrogens (tertiary/aromatic N) is 2. The van der Waals surface area contributed by atoms with Gasteiger partial charge in [-0.25, -0.2) is 0 Å². The highest BCUT2D eigenvalue weighted by Gasteiger charge is 2.30. The van der Waals surface area contributed by atoms with E-state index in [-0.39, 0.29) is 5.97 Å². The molecule has 1 heterocycles. The van der Waals surface area contributed by atoms with Crippen LogP contribution in [-0.4, -0.2) is 24.5 Å². The molecule has 4 heteroatoms. The summed E-state index contributed by atoms with van der Waals surface area (Å²) in [5, 5.41) is 2.16. The van der Waals surface area contributed by atoms with Gasteiger partial charge in [0.2, 0.25) is 0 Å². The smallest absolute Gasteiger partial charge is 0.320 e. The standard InChI is InChI=1S/C23H20N2O2/c1-3-27-23(26)20-14-24-21-18-7-5-4-6-16(18)10-13-19(21)22(20)25-17-11-8-15(2)9-12-17/h4-14,20H,3H2,1-2H3. The fourth-order valence-corrected chi connectivity index (χ4v) is 3.28. The van der Waals surface area contributed by atoms with Crippen LogP contribution in [0.1, 0.15) is 18.1 Å². The second kappa shape index (κ2) is 7.16. The van der Waals surface area contributed by atoms with Crippen molar-refractivity contribution < 1.29 is 9.53 Å². The summed E-state index contributed by atoms with van der Waals surface area (Å²) in [6, 6.07) is 20.1. The van der Waals surface area contributed by atoms with E-state index in [2.05, 4.69) is 11.1 Å². The molecule has 0 saturated heterocycles. The van der Waals surface area contributed by atoms with E-state index in [1.165, 1.54) is 0 Å². The maximum atomic E-state index is 12.5. The van der Waals surface area contributed by atoms with Crippen LogP contribution in [-0.2, 0) is 9.53 Å². The van der Waals surface area contributed by atoms with Gasteiger partial charge in [0.05, 0.1) is 23.7 Å². The largest absolute Gasteiger partial charge is 0.465 e. The summed E-state index contributed by atoms with van der Waals surface area (Å²) in [6.07, 6.45) is 1.65. The third-order valence-electron chi connectivity index (χ3n) is 4.65. The third-order valence-corrected chi connectivity index (χ3v) is 4.65. The van der Waals surface area contributed by atoms with Crippen molar-refractivity contribution in [3.05, 3.63) is 71.8 Å². The number of carbonyl (C=O) groups excluding carboxylic acids is 1. The molecule has 0 spiro atoms. The summed E-state index contributed by atoms with van der Waals surface area (Å²) < 4.78 is 5.26. The lowest BCUT2D eigenvalue weighted by Crippen LogP contribution is -2.30. The van der Waals surface area contributed by atoms with Gasteiger partial charge in [0.25, 0.3) is 0 Å². The molecule has 0 amide bonds. The maximum absolute atomic E-state index is 12.5.